The third-order valence-electron chi connectivity index (χ3n) is 3.62. The van der Waals surface area contributed by atoms with E-state index in [0.717, 1.165) is 30.1 Å². The van der Waals surface area contributed by atoms with Crippen molar-refractivity contribution in [2.75, 3.05) is 18.8 Å². The second-order valence-electron chi connectivity index (χ2n) is 5.21. The topological polar surface area (TPSA) is 85.0 Å². The van der Waals surface area contributed by atoms with Crippen molar-refractivity contribution in [2.24, 2.45) is 0 Å². The van der Waals surface area contributed by atoms with Gasteiger partial charge in [0.25, 0.3) is 5.91 Å². The molecule has 0 aromatic carbocycles. The number of piperidine rings is 1. The zero-order valence-electron chi connectivity index (χ0n) is 11.8. The lowest BCUT2D eigenvalue weighted by Gasteiger charge is -2.31. The Kier molecular flexibility index (Phi) is 3.83. The first-order valence-corrected chi connectivity index (χ1v) is 7.81. The van der Waals surface area contributed by atoms with E-state index in [-0.39, 0.29) is 17.4 Å². The molecule has 0 aliphatic carbocycles. The molecule has 6 nitrogen and oxygen atoms in total. The average Bonchev–Trinajstić information content (AvgIpc) is 2.94. The highest BCUT2D eigenvalue weighted by atomic mass is 32.1. The van der Waals surface area contributed by atoms with Crippen molar-refractivity contribution in [2.45, 2.75) is 25.7 Å². The van der Waals surface area contributed by atoms with Crippen molar-refractivity contribution >= 4 is 23.1 Å². The monoisotopic (exact) mass is 303 g/mol. The van der Waals surface area contributed by atoms with Gasteiger partial charge in [-0.2, -0.15) is 0 Å². The third kappa shape index (κ3) is 2.87. The summed E-state index contributed by atoms with van der Waals surface area (Å²) in [7, 11) is 0. The molecule has 1 atom stereocenters. The van der Waals surface area contributed by atoms with Gasteiger partial charge in [-0.05, 0) is 19.8 Å². The minimum Gasteiger partial charge on any atom is -0.382 e. The summed E-state index contributed by atoms with van der Waals surface area (Å²) >= 11 is 1.67. The smallest absolute Gasteiger partial charge is 0.276 e. The van der Waals surface area contributed by atoms with Gasteiger partial charge in [-0.15, -0.1) is 11.3 Å². The van der Waals surface area contributed by atoms with Gasteiger partial charge in [-0.1, -0.05) is 0 Å². The van der Waals surface area contributed by atoms with Crippen LogP contribution in [0.25, 0.3) is 0 Å². The lowest BCUT2D eigenvalue weighted by molar-refractivity contribution is 0.0702. The highest BCUT2D eigenvalue weighted by molar-refractivity contribution is 7.09. The average molecular weight is 303 g/mol. The maximum absolute atomic E-state index is 12.5. The molecular formula is C14H17N5OS. The predicted molar refractivity (Wildman–Crippen MR) is 81.2 cm³/mol. The summed E-state index contributed by atoms with van der Waals surface area (Å²) in [6.45, 7) is 3.39. The van der Waals surface area contributed by atoms with Gasteiger partial charge in [-0.3, -0.25) is 4.79 Å². The second-order valence-corrected chi connectivity index (χ2v) is 6.10. The van der Waals surface area contributed by atoms with E-state index in [9.17, 15) is 4.79 Å². The first-order chi connectivity index (χ1) is 10.1. The minimum absolute atomic E-state index is 0.140. The van der Waals surface area contributed by atoms with Crippen LogP contribution >= 0.6 is 11.3 Å². The number of thiazole rings is 1. The highest BCUT2D eigenvalue weighted by Crippen LogP contribution is 2.29. The summed E-state index contributed by atoms with van der Waals surface area (Å²) < 4.78 is 0. The Bertz CT molecular complexity index is 656. The standard InChI is InChI=1S/C14H17N5OS/c1-9-8-21-13(18-9)10-3-2-6-19(7-10)14(20)11-12(15)17-5-4-16-11/h4-5,8,10H,2-3,6-7H2,1H3,(H2,15,17)/t10-/m0/s1. The molecule has 3 heterocycles. The molecule has 0 bridgehead atoms. The molecule has 110 valence electrons. The summed E-state index contributed by atoms with van der Waals surface area (Å²) in [5, 5.41) is 3.16. The number of carbonyl (C=O) groups is 1. The number of anilines is 1. The molecule has 7 heteroatoms. The number of aryl methyl sites for hydroxylation is 1. The Morgan fingerprint density at radius 3 is 2.95 bits per heavy atom. The van der Waals surface area contributed by atoms with E-state index in [2.05, 4.69) is 20.3 Å². The Hall–Kier alpha value is -2.02. The van der Waals surface area contributed by atoms with Crippen LogP contribution < -0.4 is 5.73 Å². The summed E-state index contributed by atoms with van der Waals surface area (Å²) in [6, 6.07) is 0. The number of rotatable bonds is 2. The van der Waals surface area contributed by atoms with Crippen molar-refractivity contribution in [1.82, 2.24) is 19.9 Å². The molecule has 0 spiro atoms. The van der Waals surface area contributed by atoms with Gasteiger partial charge in [0, 0.05) is 42.5 Å². The maximum Gasteiger partial charge on any atom is 0.276 e. The van der Waals surface area contributed by atoms with Crippen molar-refractivity contribution < 1.29 is 4.79 Å². The molecule has 2 aromatic heterocycles. The van der Waals surface area contributed by atoms with E-state index < -0.39 is 0 Å². The Morgan fingerprint density at radius 2 is 2.24 bits per heavy atom. The van der Waals surface area contributed by atoms with Gasteiger partial charge in [0.2, 0.25) is 0 Å². The van der Waals surface area contributed by atoms with E-state index >= 15 is 0 Å². The van der Waals surface area contributed by atoms with Crippen molar-refractivity contribution in [3.05, 3.63) is 34.2 Å². The van der Waals surface area contributed by atoms with Crippen molar-refractivity contribution in [1.29, 1.82) is 0 Å². The number of nitrogen functional groups attached to an aromatic ring is 1. The summed E-state index contributed by atoms with van der Waals surface area (Å²) in [5.74, 6) is 0.354. The summed E-state index contributed by atoms with van der Waals surface area (Å²) in [6.07, 6.45) is 5.01. The van der Waals surface area contributed by atoms with E-state index in [0.29, 0.717) is 12.5 Å². The highest BCUT2D eigenvalue weighted by Gasteiger charge is 2.28. The van der Waals surface area contributed by atoms with E-state index in [1.54, 1.807) is 11.3 Å². The minimum atomic E-state index is -0.140. The zero-order chi connectivity index (χ0) is 14.8. The number of aromatic nitrogens is 3. The molecule has 0 radical (unpaired) electrons. The zero-order valence-corrected chi connectivity index (χ0v) is 12.6. The lowest BCUT2D eigenvalue weighted by Crippen LogP contribution is -2.39. The number of hydrogen-bond donors (Lipinski definition) is 1. The van der Waals surface area contributed by atoms with Crippen LogP contribution in [0.4, 0.5) is 5.82 Å². The maximum atomic E-state index is 12.5. The third-order valence-corrected chi connectivity index (χ3v) is 4.75. The summed E-state index contributed by atoms with van der Waals surface area (Å²) in [4.78, 5) is 26.9. The van der Waals surface area contributed by atoms with Gasteiger partial charge in [0.1, 0.15) is 0 Å². The van der Waals surface area contributed by atoms with Crippen LogP contribution in [0, 0.1) is 6.92 Å². The molecule has 1 saturated heterocycles. The normalized spacial score (nSPS) is 18.7. The molecule has 1 fully saturated rings. The summed E-state index contributed by atoms with van der Waals surface area (Å²) in [5.41, 5.74) is 7.03. The Labute approximate surface area is 127 Å². The molecule has 1 aliphatic rings. The van der Waals surface area contributed by atoms with Crippen molar-refractivity contribution in [3.8, 4) is 0 Å². The van der Waals surface area contributed by atoms with E-state index in [1.165, 1.54) is 12.4 Å². The number of nitrogens with two attached hydrogens (primary N) is 1. The lowest BCUT2D eigenvalue weighted by atomic mass is 9.98. The molecule has 1 aliphatic heterocycles. The number of carbonyl (C=O) groups excluding carboxylic acids is 1. The fourth-order valence-corrected chi connectivity index (χ4v) is 3.51. The van der Waals surface area contributed by atoms with Crippen molar-refractivity contribution in [3.63, 3.8) is 0 Å². The molecule has 3 rings (SSSR count). The van der Waals surface area contributed by atoms with Crippen LogP contribution in [0.3, 0.4) is 0 Å². The first-order valence-electron chi connectivity index (χ1n) is 6.93. The fraction of sp³-hybridized carbons (Fsp3) is 0.429. The molecule has 1 amide bonds. The molecular weight excluding hydrogens is 286 g/mol. The largest absolute Gasteiger partial charge is 0.382 e. The van der Waals surface area contributed by atoms with Crippen LogP contribution in [0.2, 0.25) is 0 Å². The van der Waals surface area contributed by atoms with Crippen LogP contribution in [-0.2, 0) is 0 Å². The Balaban J connectivity index is 1.77. The van der Waals surface area contributed by atoms with Gasteiger partial charge in [0.15, 0.2) is 11.5 Å². The van der Waals surface area contributed by atoms with Gasteiger partial charge >= 0.3 is 0 Å². The molecule has 0 unspecified atom stereocenters. The Morgan fingerprint density at radius 1 is 1.43 bits per heavy atom. The van der Waals surface area contributed by atoms with Gasteiger partial charge in [-0.25, -0.2) is 15.0 Å². The molecule has 2 aromatic rings. The number of likely N-dealkylation sites (tertiary alicyclic amines) is 1. The van der Waals surface area contributed by atoms with Crippen LogP contribution in [0.5, 0.6) is 0 Å². The van der Waals surface area contributed by atoms with Gasteiger partial charge in [0.05, 0.1) is 5.01 Å². The number of hydrogen-bond acceptors (Lipinski definition) is 6. The van der Waals surface area contributed by atoms with Crippen LogP contribution in [0.1, 0.15) is 39.9 Å². The molecule has 21 heavy (non-hydrogen) atoms. The molecule has 0 saturated carbocycles. The fourth-order valence-electron chi connectivity index (χ4n) is 2.59. The SMILES string of the molecule is Cc1csc([C@H]2CCCN(C(=O)c3nccnc3N)C2)n1. The second kappa shape index (κ2) is 5.77. The van der Waals surface area contributed by atoms with E-state index in [1.807, 2.05) is 11.8 Å². The predicted octanol–water partition coefficient (Wildman–Crippen LogP) is 1.84. The van der Waals surface area contributed by atoms with E-state index in [4.69, 9.17) is 5.73 Å². The van der Waals surface area contributed by atoms with Crippen LogP contribution in [-0.4, -0.2) is 38.8 Å². The number of nitrogens with zero attached hydrogens (tertiary/aromatic N) is 4. The van der Waals surface area contributed by atoms with Crippen LogP contribution in [0.15, 0.2) is 17.8 Å². The number of amides is 1. The van der Waals surface area contributed by atoms with Gasteiger partial charge < -0.3 is 10.6 Å². The molecule has 2 N–H and O–H groups in total. The first kappa shape index (κ1) is 13.9. The quantitative estimate of drug-likeness (QED) is 0.915.